The number of unbranched alkanes of at least 4 members (excludes halogenated alkanes) is 1. The van der Waals surface area contributed by atoms with E-state index in [1.165, 1.54) is 5.57 Å². The van der Waals surface area contributed by atoms with Crippen molar-refractivity contribution in [2.24, 2.45) is 11.8 Å². The van der Waals surface area contributed by atoms with E-state index in [2.05, 4.69) is 0 Å². The van der Waals surface area contributed by atoms with Crippen LogP contribution in [0.5, 0.6) is 0 Å². The van der Waals surface area contributed by atoms with Crippen molar-refractivity contribution in [3.8, 4) is 0 Å². The summed E-state index contributed by atoms with van der Waals surface area (Å²) in [6, 6.07) is 0. The van der Waals surface area contributed by atoms with Crippen LogP contribution in [0.15, 0.2) is 108 Å². The molecule has 0 radical (unpaired) electrons. The summed E-state index contributed by atoms with van der Waals surface area (Å²) in [5.41, 5.74) is 1.54. The minimum Gasteiger partial charge on any atom is -0.478 e. The molecule has 0 heterocycles. The first-order valence-electron chi connectivity index (χ1n) is 11.7. The van der Waals surface area contributed by atoms with Gasteiger partial charge in [-0.15, -0.1) is 0 Å². The maximum Gasteiger partial charge on any atom is 0.331 e. The molecule has 34 heavy (non-hydrogen) atoms. The third-order valence-electron chi connectivity index (χ3n) is 5.00. The van der Waals surface area contributed by atoms with Crippen molar-refractivity contribution >= 4 is 5.97 Å². The fourth-order valence-corrected chi connectivity index (χ4v) is 2.73. The van der Waals surface area contributed by atoms with Gasteiger partial charge in [-0.3, -0.25) is 0 Å². The molecule has 0 aromatic rings. The summed E-state index contributed by atoms with van der Waals surface area (Å²) in [7, 11) is 0. The number of aliphatic carboxylic acids is 1. The standard InChI is InChI=1S/C30H42O4/c1-24(2)20-16-12-8-6-11-15-19-23-28(31)27(5)29(32)25(3)21-17-13-9-7-10-14-18-22-26(4)30(33)34/h6-8,10-12,14-23,25,27-29,31-32H,9,13H2,1-5H3,(H,33,34). The molecule has 0 saturated carbocycles. The molecular weight excluding hydrogens is 424 g/mol. The lowest BCUT2D eigenvalue weighted by Crippen LogP contribution is -2.32. The fraction of sp³-hybridized carbons (Fsp3) is 0.367. The second kappa shape index (κ2) is 19.5. The highest BCUT2D eigenvalue weighted by atomic mass is 16.4. The van der Waals surface area contributed by atoms with Crippen LogP contribution < -0.4 is 0 Å². The summed E-state index contributed by atoms with van der Waals surface area (Å²) >= 11 is 0. The summed E-state index contributed by atoms with van der Waals surface area (Å²) < 4.78 is 0. The van der Waals surface area contributed by atoms with E-state index >= 15 is 0 Å². The van der Waals surface area contributed by atoms with Gasteiger partial charge in [0.15, 0.2) is 0 Å². The van der Waals surface area contributed by atoms with Crippen LogP contribution >= 0.6 is 0 Å². The first-order chi connectivity index (χ1) is 16.2. The van der Waals surface area contributed by atoms with Crippen LogP contribution in [0.4, 0.5) is 0 Å². The van der Waals surface area contributed by atoms with Gasteiger partial charge >= 0.3 is 5.97 Å². The minimum absolute atomic E-state index is 0.0721. The topological polar surface area (TPSA) is 77.8 Å². The zero-order valence-electron chi connectivity index (χ0n) is 21.2. The molecule has 4 atom stereocenters. The monoisotopic (exact) mass is 466 g/mol. The third kappa shape index (κ3) is 16.7. The number of carboxylic acids is 1. The van der Waals surface area contributed by atoms with E-state index in [1.807, 2.05) is 94.5 Å². The Kier molecular flexibility index (Phi) is 17.8. The molecule has 0 aliphatic heterocycles. The Hall–Kier alpha value is -2.95. The van der Waals surface area contributed by atoms with Crippen molar-refractivity contribution in [2.45, 2.75) is 59.7 Å². The van der Waals surface area contributed by atoms with Crippen LogP contribution in [0.1, 0.15) is 47.5 Å². The van der Waals surface area contributed by atoms with Gasteiger partial charge in [-0.05, 0) is 33.6 Å². The maximum atomic E-state index is 10.7. The molecule has 0 rings (SSSR count). The van der Waals surface area contributed by atoms with E-state index in [4.69, 9.17) is 5.11 Å². The highest BCUT2D eigenvalue weighted by molar-refractivity contribution is 5.86. The Morgan fingerprint density at radius 1 is 0.706 bits per heavy atom. The predicted molar refractivity (Wildman–Crippen MR) is 144 cm³/mol. The average Bonchev–Trinajstić information content (AvgIpc) is 2.79. The molecule has 4 nitrogen and oxygen atoms in total. The Labute approximate surface area is 206 Å². The number of rotatable bonds is 15. The molecule has 0 bridgehead atoms. The number of carboxylic acid groups (broad SMARTS) is 1. The molecule has 0 fully saturated rings. The molecule has 0 aromatic carbocycles. The molecule has 186 valence electrons. The number of hydrogen-bond acceptors (Lipinski definition) is 3. The molecule has 0 amide bonds. The second-order valence-corrected chi connectivity index (χ2v) is 8.46. The van der Waals surface area contributed by atoms with Crippen LogP contribution in [-0.4, -0.2) is 33.5 Å². The number of hydrogen-bond donors (Lipinski definition) is 3. The molecule has 0 aromatic heterocycles. The molecule has 0 aliphatic carbocycles. The SMILES string of the molecule is CC(C)=CC=CC=CC=CC=CC(O)C(C)C(O)C(C)C=CCCC=CC=CC=C(C)C(=O)O. The average molecular weight is 467 g/mol. The number of allylic oxidation sites excluding steroid dienone is 15. The first-order valence-corrected chi connectivity index (χ1v) is 11.7. The lowest BCUT2D eigenvalue weighted by atomic mass is 9.88. The van der Waals surface area contributed by atoms with Gasteiger partial charge in [0.25, 0.3) is 0 Å². The van der Waals surface area contributed by atoms with Gasteiger partial charge < -0.3 is 15.3 Å². The van der Waals surface area contributed by atoms with Crippen molar-refractivity contribution in [2.75, 3.05) is 0 Å². The van der Waals surface area contributed by atoms with E-state index in [0.717, 1.165) is 12.8 Å². The summed E-state index contributed by atoms with van der Waals surface area (Å²) in [4.78, 5) is 10.7. The Morgan fingerprint density at radius 2 is 1.24 bits per heavy atom. The minimum atomic E-state index is -0.920. The number of aliphatic hydroxyl groups excluding tert-OH is 2. The Balaban J connectivity index is 4.39. The molecule has 0 saturated heterocycles. The van der Waals surface area contributed by atoms with Crippen LogP contribution in [0, 0.1) is 11.8 Å². The van der Waals surface area contributed by atoms with E-state index in [1.54, 1.807) is 37.3 Å². The molecular formula is C30H42O4. The van der Waals surface area contributed by atoms with Crippen LogP contribution in [-0.2, 0) is 4.79 Å². The van der Waals surface area contributed by atoms with E-state index in [0.29, 0.717) is 5.57 Å². The highest BCUT2D eigenvalue weighted by Gasteiger charge is 2.24. The van der Waals surface area contributed by atoms with Gasteiger partial charge in [-0.25, -0.2) is 4.79 Å². The van der Waals surface area contributed by atoms with Gasteiger partial charge in [-0.1, -0.05) is 117 Å². The lowest BCUT2D eigenvalue weighted by molar-refractivity contribution is -0.132. The number of carbonyl (C=O) groups is 1. The largest absolute Gasteiger partial charge is 0.478 e. The molecule has 4 heteroatoms. The van der Waals surface area contributed by atoms with E-state index in [9.17, 15) is 15.0 Å². The second-order valence-electron chi connectivity index (χ2n) is 8.46. The number of aliphatic hydroxyl groups is 2. The zero-order chi connectivity index (χ0) is 25.8. The van der Waals surface area contributed by atoms with Crippen molar-refractivity contribution in [1.82, 2.24) is 0 Å². The Bertz CT molecular complexity index is 843. The lowest BCUT2D eigenvalue weighted by Gasteiger charge is -2.25. The molecule has 0 spiro atoms. The Morgan fingerprint density at radius 3 is 1.85 bits per heavy atom. The zero-order valence-corrected chi connectivity index (χ0v) is 21.2. The van der Waals surface area contributed by atoms with Gasteiger partial charge in [0.2, 0.25) is 0 Å². The van der Waals surface area contributed by atoms with Gasteiger partial charge in [0.05, 0.1) is 12.2 Å². The van der Waals surface area contributed by atoms with Gasteiger partial charge in [-0.2, -0.15) is 0 Å². The normalized spacial score (nSPS) is 17.2. The third-order valence-corrected chi connectivity index (χ3v) is 5.00. The summed E-state index contributed by atoms with van der Waals surface area (Å²) in [6.07, 6.45) is 30.3. The van der Waals surface area contributed by atoms with Crippen molar-refractivity contribution in [1.29, 1.82) is 0 Å². The van der Waals surface area contributed by atoms with Crippen molar-refractivity contribution < 1.29 is 20.1 Å². The quantitative estimate of drug-likeness (QED) is 0.109. The highest BCUT2D eigenvalue weighted by Crippen LogP contribution is 2.19. The molecule has 0 aliphatic rings. The van der Waals surface area contributed by atoms with Gasteiger partial charge in [0, 0.05) is 17.4 Å². The van der Waals surface area contributed by atoms with Crippen molar-refractivity contribution in [3.05, 3.63) is 108 Å². The molecule has 3 N–H and O–H groups in total. The summed E-state index contributed by atoms with van der Waals surface area (Å²) in [5.74, 6) is -1.28. The van der Waals surface area contributed by atoms with Crippen molar-refractivity contribution in [3.63, 3.8) is 0 Å². The first kappa shape index (κ1) is 31.0. The van der Waals surface area contributed by atoms with Crippen LogP contribution in [0.2, 0.25) is 0 Å². The summed E-state index contributed by atoms with van der Waals surface area (Å²) in [6.45, 7) is 9.43. The van der Waals surface area contributed by atoms with Gasteiger partial charge in [0.1, 0.15) is 0 Å². The van der Waals surface area contributed by atoms with Crippen LogP contribution in [0.3, 0.4) is 0 Å². The molecule has 4 unspecified atom stereocenters. The predicted octanol–water partition coefficient (Wildman–Crippen LogP) is 6.65. The maximum absolute atomic E-state index is 10.7. The fourth-order valence-electron chi connectivity index (χ4n) is 2.73. The summed E-state index contributed by atoms with van der Waals surface area (Å²) in [5, 5.41) is 29.7. The smallest absolute Gasteiger partial charge is 0.331 e. The van der Waals surface area contributed by atoms with E-state index < -0.39 is 18.2 Å². The van der Waals surface area contributed by atoms with Crippen LogP contribution in [0.25, 0.3) is 0 Å². The van der Waals surface area contributed by atoms with E-state index in [-0.39, 0.29) is 11.8 Å².